The number of ether oxygens (including phenoxy) is 1. The molecule has 0 radical (unpaired) electrons. The van der Waals surface area contributed by atoms with Crippen molar-refractivity contribution in [1.29, 1.82) is 0 Å². The summed E-state index contributed by atoms with van der Waals surface area (Å²) in [5, 5.41) is 0. The summed E-state index contributed by atoms with van der Waals surface area (Å²) in [4.78, 5) is 10.1. The second-order valence-electron chi connectivity index (χ2n) is 6.55. The molecule has 0 aromatic rings. The molecule has 40 heavy (non-hydrogen) atoms. The molecule has 0 saturated heterocycles. The van der Waals surface area contributed by atoms with Crippen LogP contribution in [0.4, 0.5) is 96.6 Å². The lowest BCUT2D eigenvalue weighted by molar-refractivity contribution is -0.478. The first kappa shape index (κ1) is 42.1. The maximum absolute atomic E-state index is 13.1. The third-order valence-electron chi connectivity index (χ3n) is 3.93. The van der Waals surface area contributed by atoms with Gasteiger partial charge in [0.1, 0.15) is 0 Å². The van der Waals surface area contributed by atoms with E-state index in [0.29, 0.717) is 6.61 Å². The Bertz CT molecular complexity index is 808. The second kappa shape index (κ2) is 11.5. The van der Waals surface area contributed by atoms with Gasteiger partial charge in [0, 0.05) is 6.08 Å². The molecule has 0 unspecified atom stereocenters. The third-order valence-corrected chi connectivity index (χ3v) is 3.93. The molecular formula is C15H10F22O3. The van der Waals surface area contributed by atoms with Crippen LogP contribution in [0.5, 0.6) is 0 Å². The third kappa shape index (κ3) is 6.11. The molecular weight excluding hydrogens is 646 g/mol. The molecule has 0 atom stereocenters. The van der Waals surface area contributed by atoms with Gasteiger partial charge < -0.3 is 10.2 Å². The molecule has 0 rings (SSSR count). The van der Waals surface area contributed by atoms with E-state index in [-0.39, 0.29) is 11.4 Å². The smallest absolute Gasteiger partial charge is 0.460 e. The monoisotopic (exact) mass is 656 g/mol. The highest BCUT2D eigenvalue weighted by molar-refractivity contribution is 5.81. The maximum atomic E-state index is 13.1. The Morgan fingerprint density at radius 2 is 0.675 bits per heavy atom. The quantitative estimate of drug-likeness (QED) is 0.151. The normalized spacial score (nSPS) is 15.0. The summed E-state index contributed by atoms with van der Waals surface area (Å²) in [6.45, 7) is 5.38. The summed E-state index contributed by atoms with van der Waals surface area (Å²) in [7, 11) is 0. The van der Waals surface area contributed by atoms with Crippen molar-refractivity contribution in [2.75, 3.05) is 6.61 Å². The van der Waals surface area contributed by atoms with Crippen molar-refractivity contribution in [3.63, 3.8) is 0 Å². The molecule has 2 N–H and O–H groups in total. The van der Waals surface area contributed by atoms with Gasteiger partial charge in [-0.1, -0.05) is 6.58 Å². The van der Waals surface area contributed by atoms with Crippen LogP contribution in [0.3, 0.4) is 0 Å². The minimum Gasteiger partial charge on any atom is -0.463 e. The van der Waals surface area contributed by atoms with Crippen LogP contribution in [0, 0.1) is 0 Å². The van der Waals surface area contributed by atoms with Gasteiger partial charge in [-0.25, -0.2) is 4.79 Å². The largest absolute Gasteiger partial charge is 0.463 e. The van der Waals surface area contributed by atoms with Crippen molar-refractivity contribution in [3.8, 4) is 0 Å². The van der Waals surface area contributed by atoms with Crippen molar-refractivity contribution in [3.05, 3.63) is 12.7 Å². The average Bonchev–Trinajstić information content (AvgIpc) is 2.71. The van der Waals surface area contributed by atoms with Crippen molar-refractivity contribution in [2.45, 2.75) is 66.7 Å². The van der Waals surface area contributed by atoms with Crippen LogP contribution in [-0.2, 0) is 9.53 Å². The summed E-state index contributed by atoms with van der Waals surface area (Å²) in [5.41, 5.74) is 0. The fraction of sp³-hybridized carbons (Fsp3) is 0.800. The second-order valence-corrected chi connectivity index (χ2v) is 6.55. The number of alkyl halides is 22. The van der Waals surface area contributed by atoms with Gasteiger partial charge in [-0.05, 0) is 6.92 Å². The summed E-state index contributed by atoms with van der Waals surface area (Å²) in [6, 6.07) is 0. The minimum atomic E-state index is -9.24. The first-order valence-electron chi connectivity index (χ1n) is 8.51. The highest BCUT2D eigenvalue weighted by Gasteiger charge is 2.98. The predicted octanol–water partition coefficient (Wildman–Crippen LogP) is 7.10. The first-order chi connectivity index (χ1) is 16.6. The SMILES string of the molecule is C=CC(=O)OCC.FC(F)(F)C(F)(F)C(F)(F)C(F)(F)C(F)(F)C(F)(F)C(F)(F)C(F)(F)C(F)(F)C(F)(F)F.O. The van der Waals surface area contributed by atoms with Gasteiger partial charge in [0.25, 0.3) is 0 Å². The highest BCUT2D eigenvalue weighted by atomic mass is 19.4. The lowest BCUT2D eigenvalue weighted by atomic mass is 9.87. The Hall–Kier alpha value is -2.37. The number of esters is 1. The predicted molar refractivity (Wildman–Crippen MR) is 82.1 cm³/mol. The van der Waals surface area contributed by atoms with E-state index >= 15 is 0 Å². The molecule has 0 aliphatic rings. The number of halogens is 22. The lowest BCUT2D eigenvalue weighted by Crippen LogP contribution is -2.76. The van der Waals surface area contributed by atoms with E-state index in [1.165, 1.54) is 0 Å². The van der Waals surface area contributed by atoms with Crippen molar-refractivity contribution >= 4 is 5.97 Å². The van der Waals surface area contributed by atoms with Gasteiger partial charge in [0.2, 0.25) is 0 Å². The summed E-state index contributed by atoms with van der Waals surface area (Å²) < 4.78 is 280. The molecule has 0 bridgehead atoms. The van der Waals surface area contributed by atoms with E-state index in [2.05, 4.69) is 11.3 Å². The average molecular weight is 656 g/mol. The van der Waals surface area contributed by atoms with E-state index in [4.69, 9.17) is 0 Å². The molecule has 0 fully saturated rings. The molecule has 0 spiro atoms. The zero-order valence-electron chi connectivity index (χ0n) is 18.1. The number of rotatable bonds is 9. The summed E-state index contributed by atoms with van der Waals surface area (Å²) in [5.74, 6) is -71.9. The van der Waals surface area contributed by atoms with Crippen LogP contribution in [-0.4, -0.2) is 77.8 Å². The Balaban J connectivity index is -0.00000150. The van der Waals surface area contributed by atoms with Crippen LogP contribution in [0.1, 0.15) is 6.92 Å². The maximum Gasteiger partial charge on any atom is 0.460 e. The van der Waals surface area contributed by atoms with Crippen LogP contribution < -0.4 is 0 Å². The van der Waals surface area contributed by atoms with Crippen LogP contribution in [0.15, 0.2) is 12.7 Å². The van der Waals surface area contributed by atoms with E-state index in [0.717, 1.165) is 6.08 Å². The first-order valence-corrected chi connectivity index (χ1v) is 8.51. The number of hydrogen-bond donors (Lipinski definition) is 0. The number of carbonyl (C=O) groups excluding carboxylic acids is 1. The fourth-order valence-electron chi connectivity index (χ4n) is 1.74. The Kier molecular flexibility index (Phi) is 12.1. The highest BCUT2D eigenvalue weighted by Crippen LogP contribution is 2.66. The molecule has 0 aromatic carbocycles. The van der Waals surface area contributed by atoms with Crippen molar-refractivity contribution in [1.82, 2.24) is 0 Å². The zero-order valence-corrected chi connectivity index (χ0v) is 18.1. The molecule has 25 heteroatoms. The lowest BCUT2D eigenvalue weighted by Gasteiger charge is -2.43. The topological polar surface area (TPSA) is 57.8 Å². The van der Waals surface area contributed by atoms with Gasteiger partial charge in [0.15, 0.2) is 0 Å². The zero-order chi connectivity index (χ0) is 32.7. The molecule has 0 saturated carbocycles. The molecule has 0 heterocycles. The molecule has 242 valence electrons. The summed E-state index contributed by atoms with van der Waals surface area (Å²) >= 11 is 0. The van der Waals surface area contributed by atoms with Crippen LogP contribution in [0.25, 0.3) is 0 Å². The minimum absolute atomic E-state index is 0. The van der Waals surface area contributed by atoms with Gasteiger partial charge in [-0.3, -0.25) is 0 Å². The van der Waals surface area contributed by atoms with Gasteiger partial charge >= 0.3 is 65.7 Å². The Labute approximate surface area is 205 Å². The van der Waals surface area contributed by atoms with Crippen LogP contribution >= 0.6 is 0 Å². The Morgan fingerprint density at radius 1 is 0.500 bits per heavy atom. The van der Waals surface area contributed by atoms with Crippen LogP contribution in [0.2, 0.25) is 0 Å². The number of hydrogen-bond acceptors (Lipinski definition) is 2. The molecule has 0 aliphatic heterocycles. The molecule has 3 nitrogen and oxygen atoms in total. The molecule has 0 aliphatic carbocycles. The van der Waals surface area contributed by atoms with Gasteiger partial charge in [0.05, 0.1) is 6.61 Å². The molecule has 0 aromatic heterocycles. The van der Waals surface area contributed by atoms with E-state index in [1.54, 1.807) is 6.92 Å². The van der Waals surface area contributed by atoms with E-state index in [1.807, 2.05) is 0 Å². The number of carbonyl (C=O) groups is 1. The standard InChI is InChI=1S/C10F22.C5H8O2.H2O/c11-1(12,3(15,16)5(19,20)7(23,24)9(27,28)29)2(13,14)4(17,18)6(21,22)8(25,26)10(30,31)32;1-3-5(6)7-4-2;/h;3H,1,4H2,2H3;1H2. The van der Waals surface area contributed by atoms with Gasteiger partial charge in [-0.15, -0.1) is 0 Å². The van der Waals surface area contributed by atoms with Crippen molar-refractivity contribution < 1.29 is 112 Å². The van der Waals surface area contributed by atoms with E-state index < -0.39 is 59.7 Å². The fourth-order valence-corrected chi connectivity index (χ4v) is 1.74. The van der Waals surface area contributed by atoms with Gasteiger partial charge in [-0.2, -0.15) is 96.6 Å². The Morgan fingerprint density at radius 3 is 0.775 bits per heavy atom. The summed E-state index contributed by atoms with van der Waals surface area (Å²) in [6.07, 6.45) is -14.9. The molecule has 0 amide bonds. The van der Waals surface area contributed by atoms with E-state index in [9.17, 15) is 101 Å². The van der Waals surface area contributed by atoms with Crippen molar-refractivity contribution in [2.24, 2.45) is 0 Å².